The SMILES string of the molecule is O=C(O)COc1cccc2c1Cc1sc(SCC(c3ccccc3)c3ccccc3)nc1-2. The third kappa shape index (κ3) is 4.29. The predicted molar refractivity (Wildman–Crippen MR) is 129 cm³/mol. The molecule has 4 aromatic rings. The Hall–Kier alpha value is -3.09. The van der Waals surface area contributed by atoms with E-state index in [0.717, 1.165) is 33.3 Å². The molecule has 0 spiro atoms. The molecule has 0 atom stereocenters. The van der Waals surface area contributed by atoms with Crippen LogP contribution in [-0.4, -0.2) is 28.4 Å². The van der Waals surface area contributed by atoms with Gasteiger partial charge in [0, 0.05) is 34.1 Å². The van der Waals surface area contributed by atoms with Crippen LogP contribution in [0, 0.1) is 0 Å². The number of aliphatic carboxylic acids is 1. The van der Waals surface area contributed by atoms with Gasteiger partial charge in [-0.3, -0.25) is 0 Å². The number of thioether (sulfide) groups is 1. The molecule has 5 rings (SSSR count). The van der Waals surface area contributed by atoms with E-state index in [0.29, 0.717) is 11.7 Å². The van der Waals surface area contributed by atoms with Gasteiger partial charge in [-0.25, -0.2) is 9.78 Å². The van der Waals surface area contributed by atoms with Gasteiger partial charge in [0.15, 0.2) is 10.9 Å². The summed E-state index contributed by atoms with van der Waals surface area (Å²) >= 11 is 3.52. The molecular weight excluding hydrogens is 438 g/mol. The van der Waals surface area contributed by atoms with Crippen molar-refractivity contribution in [2.24, 2.45) is 0 Å². The van der Waals surface area contributed by atoms with Gasteiger partial charge in [0.25, 0.3) is 0 Å². The standard InChI is InChI=1S/C26H21NO3S2/c28-24(29)15-30-22-13-7-12-19-20(22)14-23-25(19)27-26(32-23)31-16-21(17-8-3-1-4-9-17)18-10-5-2-6-11-18/h1-13,21H,14-16H2,(H,28,29). The van der Waals surface area contributed by atoms with Gasteiger partial charge in [-0.1, -0.05) is 84.6 Å². The van der Waals surface area contributed by atoms with Crippen molar-refractivity contribution in [3.8, 4) is 17.0 Å². The minimum atomic E-state index is -0.974. The second kappa shape index (κ2) is 9.18. The molecule has 0 fully saturated rings. The first-order chi connectivity index (χ1) is 15.7. The van der Waals surface area contributed by atoms with Crippen LogP contribution in [0.4, 0.5) is 0 Å². The lowest BCUT2D eigenvalue weighted by molar-refractivity contribution is -0.139. The Bertz CT molecular complexity index is 1200. The van der Waals surface area contributed by atoms with Crippen molar-refractivity contribution in [2.75, 3.05) is 12.4 Å². The van der Waals surface area contributed by atoms with Crippen molar-refractivity contribution in [1.29, 1.82) is 0 Å². The van der Waals surface area contributed by atoms with E-state index in [2.05, 4.69) is 60.7 Å². The van der Waals surface area contributed by atoms with Gasteiger partial charge in [-0.2, -0.15) is 0 Å². The van der Waals surface area contributed by atoms with Gasteiger partial charge in [0.2, 0.25) is 0 Å². The van der Waals surface area contributed by atoms with E-state index in [1.165, 1.54) is 16.0 Å². The van der Waals surface area contributed by atoms with E-state index in [-0.39, 0.29) is 6.61 Å². The van der Waals surface area contributed by atoms with E-state index in [1.807, 2.05) is 18.2 Å². The first-order valence-corrected chi connectivity index (χ1v) is 12.2. The molecule has 0 radical (unpaired) electrons. The van der Waals surface area contributed by atoms with Crippen LogP contribution in [0.25, 0.3) is 11.3 Å². The topological polar surface area (TPSA) is 59.4 Å². The fourth-order valence-electron chi connectivity index (χ4n) is 4.04. The van der Waals surface area contributed by atoms with Crippen LogP contribution in [0.5, 0.6) is 5.75 Å². The Balaban J connectivity index is 1.36. The smallest absolute Gasteiger partial charge is 0.341 e. The van der Waals surface area contributed by atoms with Crippen molar-refractivity contribution in [1.82, 2.24) is 4.98 Å². The van der Waals surface area contributed by atoms with Crippen molar-refractivity contribution in [3.05, 3.63) is 100 Å². The summed E-state index contributed by atoms with van der Waals surface area (Å²) in [5.74, 6) is 0.871. The van der Waals surface area contributed by atoms with Crippen LogP contribution in [0.15, 0.2) is 83.2 Å². The van der Waals surface area contributed by atoms with Crippen LogP contribution < -0.4 is 4.74 Å². The number of ether oxygens (including phenoxy) is 1. The molecule has 32 heavy (non-hydrogen) atoms. The molecule has 6 heteroatoms. The molecule has 0 aliphatic heterocycles. The Labute approximate surface area is 194 Å². The summed E-state index contributed by atoms with van der Waals surface area (Å²) < 4.78 is 6.55. The Morgan fingerprint density at radius 2 is 1.69 bits per heavy atom. The maximum absolute atomic E-state index is 10.9. The zero-order chi connectivity index (χ0) is 21.9. The quantitative estimate of drug-likeness (QED) is 0.284. The molecule has 1 N–H and O–H groups in total. The number of benzene rings is 3. The molecule has 0 unspecified atom stereocenters. The van der Waals surface area contributed by atoms with E-state index < -0.39 is 5.97 Å². The number of nitrogens with zero attached hydrogens (tertiary/aromatic N) is 1. The van der Waals surface area contributed by atoms with Crippen molar-refractivity contribution in [3.63, 3.8) is 0 Å². The Kier molecular flexibility index (Phi) is 5.97. The largest absolute Gasteiger partial charge is 0.482 e. The summed E-state index contributed by atoms with van der Waals surface area (Å²) in [5, 5.41) is 8.92. The molecule has 3 aromatic carbocycles. The minimum Gasteiger partial charge on any atom is -0.482 e. The second-order valence-corrected chi connectivity index (χ2v) is 9.93. The lowest BCUT2D eigenvalue weighted by Gasteiger charge is -2.17. The predicted octanol–water partition coefficient (Wildman–Crippen LogP) is 6.10. The van der Waals surface area contributed by atoms with E-state index in [4.69, 9.17) is 14.8 Å². The highest BCUT2D eigenvalue weighted by Crippen LogP contribution is 2.45. The van der Waals surface area contributed by atoms with Gasteiger partial charge in [-0.05, 0) is 17.2 Å². The number of carboxylic acid groups (broad SMARTS) is 1. The first-order valence-electron chi connectivity index (χ1n) is 10.4. The summed E-state index contributed by atoms with van der Waals surface area (Å²) in [6, 6.07) is 27.0. The maximum atomic E-state index is 10.9. The molecule has 1 aliphatic rings. The van der Waals surface area contributed by atoms with Crippen LogP contribution >= 0.6 is 23.1 Å². The highest BCUT2D eigenvalue weighted by atomic mass is 32.2. The summed E-state index contributed by atoms with van der Waals surface area (Å²) in [5.41, 5.74) is 5.70. The monoisotopic (exact) mass is 459 g/mol. The van der Waals surface area contributed by atoms with Crippen molar-refractivity contribution < 1.29 is 14.6 Å². The van der Waals surface area contributed by atoms with E-state index in [1.54, 1.807) is 23.1 Å². The molecule has 1 heterocycles. The number of hydrogen-bond acceptors (Lipinski definition) is 5. The maximum Gasteiger partial charge on any atom is 0.341 e. The number of rotatable bonds is 8. The first kappa shape index (κ1) is 20.8. The number of hydrogen-bond donors (Lipinski definition) is 1. The third-order valence-electron chi connectivity index (χ3n) is 5.53. The molecule has 160 valence electrons. The second-order valence-electron chi connectivity index (χ2n) is 7.58. The highest BCUT2D eigenvalue weighted by molar-refractivity contribution is 8.01. The van der Waals surface area contributed by atoms with Crippen LogP contribution in [0.3, 0.4) is 0 Å². The lowest BCUT2D eigenvalue weighted by atomic mass is 9.93. The van der Waals surface area contributed by atoms with Gasteiger partial charge < -0.3 is 9.84 Å². The fourth-order valence-corrected chi connectivity index (χ4v) is 6.45. The van der Waals surface area contributed by atoms with Gasteiger partial charge >= 0.3 is 5.97 Å². The normalized spacial score (nSPS) is 11.9. The Morgan fingerprint density at radius 3 is 2.34 bits per heavy atom. The number of carboxylic acids is 1. The summed E-state index contributed by atoms with van der Waals surface area (Å²) in [4.78, 5) is 17.0. The van der Waals surface area contributed by atoms with Crippen LogP contribution in [-0.2, 0) is 11.2 Å². The molecule has 0 amide bonds. The molecule has 0 bridgehead atoms. The lowest BCUT2D eigenvalue weighted by Crippen LogP contribution is -2.10. The van der Waals surface area contributed by atoms with Gasteiger partial charge in [0.1, 0.15) is 5.75 Å². The van der Waals surface area contributed by atoms with Gasteiger partial charge in [0.05, 0.1) is 5.69 Å². The molecule has 4 nitrogen and oxygen atoms in total. The highest BCUT2D eigenvalue weighted by Gasteiger charge is 2.27. The zero-order valence-electron chi connectivity index (χ0n) is 17.2. The molecular formula is C26H21NO3S2. The average Bonchev–Trinajstić information content (AvgIpc) is 3.37. The van der Waals surface area contributed by atoms with Crippen LogP contribution in [0.2, 0.25) is 0 Å². The van der Waals surface area contributed by atoms with E-state index in [9.17, 15) is 4.79 Å². The number of thiazole rings is 1. The number of aromatic nitrogens is 1. The van der Waals surface area contributed by atoms with Crippen LogP contribution in [0.1, 0.15) is 27.5 Å². The average molecular weight is 460 g/mol. The third-order valence-corrected chi connectivity index (χ3v) is 7.82. The fraction of sp³-hybridized carbons (Fsp3) is 0.154. The summed E-state index contributed by atoms with van der Waals surface area (Å²) in [7, 11) is 0. The summed E-state index contributed by atoms with van der Waals surface area (Å²) in [6.07, 6.45) is 0.736. The number of fused-ring (bicyclic) bond motifs is 3. The molecule has 0 saturated carbocycles. The Morgan fingerprint density at radius 1 is 1.00 bits per heavy atom. The minimum absolute atomic E-state index is 0.296. The van der Waals surface area contributed by atoms with Crippen molar-refractivity contribution in [2.45, 2.75) is 16.7 Å². The molecule has 0 saturated heterocycles. The zero-order valence-corrected chi connectivity index (χ0v) is 18.9. The molecule has 1 aliphatic carbocycles. The summed E-state index contributed by atoms with van der Waals surface area (Å²) in [6.45, 7) is -0.334. The number of carbonyl (C=O) groups is 1. The van der Waals surface area contributed by atoms with Gasteiger partial charge in [-0.15, -0.1) is 11.3 Å². The van der Waals surface area contributed by atoms with E-state index >= 15 is 0 Å². The molecule has 1 aromatic heterocycles. The van der Waals surface area contributed by atoms with Crippen molar-refractivity contribution >= 4 is 29.1 Å².